The Morgan fingerprint density at radius 3 is 2.68 bits per heavy atom. The zero-order valence-electron chi connectivity index (χ0n) is 18.1. The van der Waals surface area contributed by atoms with Gasteiger partial charge in [-0.05, 0) is 74.5 Å². The number of primary amides is 1. The first kappa shape index (κ1) is 20.9. The number of nitrogens with one attached hydrogen (secondary N) is 1. The summed E-state index contributed by atoms with van der Waals surface area (Å²) >= 11 is 0. The number of hydrogen-bond acceptors (Lipinski definition) is 4. The van der Waals surface area contributed by atoms with Crippen molar-refractivity contribution in [1.29, 1.82) is 0 Å². The average Bonchev–Trinajstić information content (AvgIpc) is 2.75. The molecule has 168 valence electrons. The van der Waals surface area contributed by atoms with E-state index in [4.69, 9.17) is 10.5 Å². The van der Waals surface area contributed by atoms with Crippen molar-refractivity contribution < 1.29 is 18.7 Å². The van der Waals surface area contributed by atoms with Gasteiger partial charge in [0.1, 0.15) is 11.9 Å². The fourth-order valence-corrected chi connectivity index (χ4v) is 6.98. The van der Waals surface area contributed by atoms with Crippen LogP contribution >= 0.6 is 0 Å². The molecule has 7 heteroatoms. The second-order valence-corrected chi connectivity index (χ2v) is 10.2. The molecule has 31 heavy (non-hydrogen) atoms. The van der Waals surface area contributed by atoms with Crippen LogP contribution in [0.25, 0.3) is 0 Å². The van der Waals surface area contributed by atoms with Gasteiger partial charge in [0.2, 0.25) is 5.91 Å². The number of carbonyl (C=O) groups is 2. The quantitative estimate of drug-likeness (QED) is 0.753. The van der Waals surface area contributed by atoms with Crippen LogP contribution < -0.4 is 11.1 Å². The summed E-state index contributed by atoms with van der Waals surface area (Å²) in [5.41, 5.74) is 6.33. The molecule has 4 atom stereocenters. The van der Waals surface area contributed by atoms with E-state index in [1.807, 2.05) is 13.0 Å². The standard InChI is InChI=1S/C24H32FN3O3/c1-14(16-3-2-4-19(25)9-16)28-5-6-31-20(13-28)22(29)27-21-17-7-15-8-18(21)12-24(10-15,11-17)23(26)30/h2-4,9,14-15,17-18,20-21H,5-8,10-13H2,1H3,(H2,26,30)(H,27,29). The molecule has 4 bridgehead atoms. The number of hydrogen-bond donors (Lipinski definition) is 2. The number of halogens is 1. The summed E-state index contributed by atoms with van der Waals surface area (Å²) in [5.74, 6) is 0.743. The van der Waals surface area contributed by atoms with Gasteiger partial charge in [0, 0.05) is 30.6 Å². The summed E-state index contributed by atoms with van der Waals surface area (Å²) in [6.07, 6.45) is 4.14. The Morgan fingerprint density at radius 2 is 2.00 bits per heavy atom. The van der Waals surface area contributed by atoms with Crippen molar-refractivity contribution in [2.24, 2.45) is 28.9 Å². The normalized spacial score (nSPS) is 38.1. The molecule has 1 heterocycles. The molecule has 2 amide bonds. The maximum atomic E-state index is 13.6. The summed E-state index contributed by atoms with van der Waals surface area (Å²) in [4.78, 5) is 27.5. The zero-order chi connectivity index (χ0) is 21.8. The molecule has 1 aromatic rings. The highest BCUT2D eigenvalue weighted by Gasteiger charge is 2.58. The minimum absolute atomic E-state index is 0.00602. The molecular weight excluding hydrogens is 397 g/mol. The number of morpholine rings is 1. The van der Waals surface area contributed by atoms with Gasteiger partial charge < -0.3 is 15.8 Å². The van der Waals surface area contributed by atoms with Crippen molar-refractivity contribution in [1.82, 2.24) is 10.2 Å². The molecule has 0 radical (unpaired) electrons. The van der Waals surface area contributed by atoms with Crippen LogP contribution in [0.5, 0.6) is 0 Å². The van der Waals surface area contributed by atoms with Crippen LogP contribution in [0.2, 0.25) is 0 Å². The van der Waals surface area contributed by atoms with Gasteiger partial charge in [0.15, 0.2) is 0 Å². The Hall–Kier alpha value is -1.99. The molecule has 4 saturated carbocycles. The summed E-state index contributed by atoms with van der Waals surface area (Å²) in [6.45, 7) is 3.70. The van der Waals surface area contributed by atoms with Gasteiger partial charge in [-0.25, -0.2) is 4.39 Å². The number of nitrogens with zero attached hydrogens (tertiary/aromatic N) is 1. The van der Waals surface area contributed by atoms with Crippen LogP contribution in [0.3, 0.4) is 0 Å². The Labute approximate surface area is 182 Å². The average molecular weight is 430 g/mol. The molecule has 5 aliphatic rings. The minimum atomic E-state index is -0.535. The van der Waals surface area contributed by atoms with Crippen molar-refractivity contribution in [3.8, 4) is 0 Å². The van der Waals surface area contributed by atoms with Crippen LogP contribution in [-0.4, -0.2) is 48.6 Å². The minimum Gasteiger partial charge on any atom is -0.369 e. The fourth-order valence-electron chi connectivity index (χ4n) is 6.98. The Balaban J connectivity index is 1.23. The zero-order valence-corrected chi connectivity index (χ0v) is 18.1. The summed E-state index contributed by atoms with van der Waals surface area (Å²) < 4.78 is 19.5. The van der Waals surface area contributed by atoms with Gasteiger partial charge in [-0.15, -0.1) is 0 Å². The molecule has 1 saturated heterocycles. The molecule has 6 nitrogen and oxygen atoms in total. The van der Waals surface area contributed by atoms with Gasteiger partial charge in [-0.2, -0.15) is 0 Å². The van der Waals surface area contributed by atoms with E-state index in [1.54, 1.807) is 12.1 Å². The third kappa shape index (κ3) is 3.76. The van der Waals surface area contributed by atoms with E-state index < -0.39 is 6.10 Å². The Morgan fingerprint density at radius 1 is 1.26 bits per heavy atom. The lowest BCUT2D eigenvalue weighted by atomic mass is 9.47. The highest BCUT2D eigenvalue weighted by Crippen LogP contribution is 2.59. The number of ether oxygens (including phenoxy) is 1. The first-order valence-electron chi connectivity index (χ1n) is 11.6. The lowest BCUT2D eigenvalue weighted by Crippen LogP contribution is -2.63. The van der Waals surface area contributed by atoms with Crippen LogP contribution in [-0.2, 0) is 14.3 Å². The monoisotopic (exact) mass is 429 g/mol. The smallest absolute Gasteiger partial charge is 0.250 e. The van der Waals surface area contributed by atoms with E-state index in [2.05, 4.69) is 10.2 Å². The van der Waals surface area contributed by atoms with Crippen molar-refractivity contribution >= 4 is 11.8 Å². The summed E-state index contributed by atoms with van der Waals surface area (Å²) in [7, 11) is 0. The van der Waals surface area contributed by atoms with Crippen LogP contribution in [0.4, 0.5) is 4.39 Å². The van der Waals surface area contributed by atoms with Gasteiger partial charge >= 0.3 is 0 Å². The van der Waals surface area contributed by atoms with Crippen molar-refractivity contribution in [3.05, 3.63) is 35.6 Å². The fraction of sp³-hybridized carbons (Fsp3) is 0.667. The number of carbonyl (C=O) groups excluding carboxylic acids is 2. The van der Waals surface area contributed by atoms with E-state index in [9.17, 15) is 14.0 Å². The predicted octanol–water partition coefficient (Wildman–Crippen LogP) is 2.38. The third-order valence-corrected chi connectivity index (χ3v) is 8.37. The molecule has 1 aliphatic heterocycles. The van der Waals surface area contributed by atoms with Crippen LogP contribution in [0, 0.1) is 29.0 Å². The molecule has 4 unspecified atom stereocenters. The van der Waals surface area contributed by atoms with Crippen molar-refractivity contribution in [2.75, 3.05) is 19.7 Å². The lowest BCUT2D eigenvalue weighted by Gasteiger charge is -2.59. The van der Waals surface area contributed by atoms with E-state index in [1.165, 1.54) is 6.07 Å². The van der Waals surface area contributed by atoms with Gasteiger partial charge in [-0.1, -0.05) is 12.1 Å². The summed E-state index contributed by atoms with van der Waals surface area (Å²) in [6, 6.07) is 6.75. The first-order chi connectivity index (χ1) is 14.8. The summed E-state index contributed by atoms with van der Waals surface area (Å²) in [5, 5.41) is 3.29. The largest absolute Gasteiger partial charge is 0.369 e. The Bertz CT molecular complexity index is 861. The molecule has 0 aromatic heterocycles. The molecule has 0 spiro atoms. The van der Waals surface area contributed by atoms with Crippen molar-refractivity contribution in [2.45, 2.75) is 57.2 Å². The van der Waals surface area contributed by atoms with E-state index in [0.717, 1.165) is 37.7 Å². The Kier molecular flexibility index (Phi) is 5.29. The second kappa shape index (κ2) is 7.85. The number of benzene rings is 1. The molecule has 3 N–H and O–H groups in total. The van der Waals surface area contributed by atoms with Gasteiger partial charge in [0.25, 0.3) is 5.91 Å². The lowest BCUT2D eigenvalue weighted by molar-refractivity contribution is -0.151. The maximum Gasteiger partial charge on any atom is 0.250 e. The van der Waals surface area contributed by atoms with Crippen LogP contribution in [0.15, 0.2) is 24.3 Å². The molecule has 6 rings (SSSR count). The number of amides is 2. The molecule has 4 aliphatic carbocycles. The first-order valence-corrected chi connectivity index (χ1v) is 11.6. The highest BCUT2D eigenvalue weighted by atomic mass is 19.1. The topological polar surface area (TPSA) is 84.7 Å². The molecule has 5 fully saturated rings. The second-order valence-electron chi connectivity index (χ2n) is 10.2. The molecular formula is C24H32FN3O3. The van der Waals surface area contributed by atoms with Crippen LogP contribution in [0.1, 0.15) is 50.6 Å². The van der Waals surface area contributed by atoms with Crippen molar-refractivity contribution in [3.63, 3.8) is 0 Å². The predicted molar refractivity (Wildman–Crippen MR) is 113 cm³/mol. The number of rotatable bonds is 5. The van der Waals surface area contributed by atoms with Gasteiger partial charge in [-0.3, -0.25) is 14.5 Å². The van der Waals surface area contributed by atoms with E-state index in [-0.39, 0.29) is 35.1 Å². The molecule has 1 aromatic carbocycles. The third-order valence-electron chi connectivity index (χ3n) is 8.37. The number of nitrogens with two attached hydrogens (primary N) is 1. The SMILES string of the molecule is CC(c1cccc(F)c1)N1CCOC(C(=O)NC2C3CC4CC2CC(C(N)=O)(C4)C3)C1. The van der Waals surface area contributed by atoms with Gasteiger partial charge in [0.05, 0.1) is 6.61 Å². The van der Waals surface area contributed by atoms with E-state index in [0.29, 0.717) is 37.5 Å². The highest BCUT2D eigenvalue weighted by molar-refractivity contribution is 5.83. The maximum absolute atomic E-state index is 13.6. The van der Waals surface area contributed by atoms with E-state index >= 15 is 0 Å².